The smallest absolute Gasteiger partial charge is 0.377 e. The van der Waals surface area contributed by atoms with Crippen LogP contribution >= 0.6 is 0 Å². The van der Waals surface area contributed by atoms with Crippen molar-refractivity contribution >= 4 is 5.97 Å². The lowest BCUT2D eigenvalue weighted by atomic mass is 10.1. The Morgan fingerprint density at radius 1 is 1.67 bits per heavy atom. The highest BCUT2D eigenvalue weighted by Crippen LogP contribution is 2.30. The van der Waals surface area contributed by atoms with Crippen molar-refractivity contribution < 1.29 is 23.8 Å². The van der Waals surface area contributed by atoms with Gasteiger partial charge in [-0.25, -0.2) is 4.79 Å². The third-order valence-electron chi connectivity index (χ3n) is 2.04. The number of halogens is 2. The fraction of sp³-hybridized carbons (Fsp3) is 0.500. The average Bonchev–Trinajstić information content (AvgIpc) is 2.45. The van der Waals surface area contributed by atoms with E-state index in [0.717, 1.165) is 0 Å². The predicted octanol–water partition coefficient (Wildman–Crippen LogP) is 0.482. The van der Waals surface area contributed by atoms with Gasteiger partial charge in [0.25, 0.3) is 0 Å². The van der Waals surface area contributed by atoms with Crippen molar-refractivity contribution in [3.8, 4) is 0 Å². The van der Waals surface area contributed by atoms with Gasteiger partial charge in [0.2, 0.25) is 0 Å². The lowest BCUT2D eigenvalue weighted by molar-refractivity contribution is -0.183. The molecule has 0 aliphatic heterocycles. The zero-order chi connectivity index (χ0) is 11.8. The number of hydrogen-bond acceptors (Lipinski definition) is 3. The molecule has 1 aromatic rings. The van der Waals surface area contributed by atoms with Gasteiger partial charge in [0.1, 0.15) is 0 Å². The van der Waals surface area contributed by atoms with Crippen LogP contribution in [0.25, 0.3) is 0 Å². The second-order valence-corrected chi connectivity index (χ2v) is 3.16. The van der Waals surface area contributed by atoms with Gasteiger partial charge < -0.3 is 10.2 Å². The molecule has 5 nitrogen and oxygen atoms in total. The summed E-state index contributed by atoms with van der Waals surface area (Å²) in [7, 11) is 1.50. The molecule has 0 radical (unpaired) electrons. The molecule has 0 spiro atoms. The van der Waals surface area contributed by atoms with Crippen molar-refractivity contribution in [1.82, 2.24) is 9.78 Å². The summed E-state index contributed by atoms with van der Waals surface area (Å²) in [5.41, 5.74) is 0.188. The Hall–Kier alpha value is -1.50. The van der Waals surface area contributed by atoms with Crippen LogP contribution in [0.1, 0.15) is 17.5 Å². The summed E-state index contributed by atoms with van der Waals surface area (Å²) in [6, 6.07) is 1.21. The summed E-state index contributed by atoms with van der Waals surface area (Å²) in [5.74, 6) is -6.61. The number of carboxylic acids is 1. The number of aromatic nitrogens is 2. The summed E-state index contributed by atoms with van der Waals surface area (Å²) in [6.45, 7) is 1.60. The molecule has 0 aromatic carbocycles. The van der Waals surface area contributed by atoms with E-state index in [1.165, 1.54) is 17.8 Å². The predicted molar refractivity (Wildman–Crippen MR) is 45.5 cm³/mol. The van der Waals surface area contributed by atoms with Gasteiger partial charge in [-0.05, 0) is 13.0 Å². The normalized spacial score (nSPS) is 13.9. The average molecular weight is 220 g/mol. The largest absolute Gasteiger partial charge is 0.477 e. The molecule has 0 aliphatic rings. The maximum atomic E-state index is 12.9. The Balaban J connectivity index is 3.04. The van der Waals surface area contributed by atoms with Crippen LogP contribution in [-0.2, 0) is 11.8 Å². The monoisotopic (exact) mass is 220 g/mol. The molecule has 0 amide bonds. The Kier molecular flexibility index (Phi) is 2.76. The first-order valence-electron chi connectivity index (χ1n) is 4.06. The highest BCUT2D eigenvalue weighted by Gasteiger charge is 2.48. The molecule has 1 heterocycles. The minimum Gasteiger partial charge on any atom is -0.477 e. The van der Waals surface area contributed by atoms with Gasteiger partial charge in [-0.15, -0.1) is 0 Å². The van der Waals surface area contributed by atoms with Gasteiger partial charge in [-0.3, -0.25) is 4.68 Å². The van der Waals surface area contributed by atoms with E-state index in [1.54, 1.807) is 6.92 Å². The third-order valence-corrected chi connectivity index (χ3v) is 2.04. The van der Waals surface area contributed by atoms with Crippen LogP contribution in [0.2, 0.25) is 0 Å². The SMILES string of the molecule is Cc1cc(C(O)C(F)(F)C(=O)O)nn1C. The lowest BCUT2D eigenvalue weighted by Crippen LogP contribution is -2.35. The molecule has 2 N–H and O–H groups in total. The maximum absolute atomic E-state index is 12.9. The van der Waals surface area contributed by atoms with E-state index in [1.807, 2.05) is 0 Å². The number of aliphatic hydroxyl groups is 1. The van der Waals surface area contributed by atoms with Crippen LogP contribution in [0.5, 0.6) is 0 Å². The van der Waals surface area contributed by atoms with E-state index < -0.39 is 18.0 Å². The highest BCUT2D eigenvalue weighted by atomic mass is 19.3. The van der Waals surface area contributed by atoms with Gasteiger partial charge in [-0.2, -0.15) is 13.9 Å². The number of carbonyl (C=O) groups is 1. The zero-order valence-corrected chi connectivity index (χ0v) is 8.11. The summed E-state index contributed by atoms with van der Waals surface area (Å²) >= 11 is 0. The van der Waals surface area contributed by atoms with Crippen molar-refractivity contribution in [2.75, 3.05) is 0 Å². The molecule has 0 bridgehead atoms. The van der Waals surface area contributed by atoms with E-state index in [4.69, 9.17) is 10.2 Å². The molecule has 0 saturated carbocycles. The first kappa shape index (κ1) is 11.6. The highest BCUT2D eigenvalue weighted by molar-refractivity contribution is 5.76. The Labute approximate surface area is 83.9 Å². The van der Waals surface area contributed by atoms with Crippen LogP contribution in [0.15, 0.2) is 6.07 Å². The van der Waals surface area contributed by atoms with E-state index in [-0.39, 0.29) is 5.69 Å². The Bertz CT molecular complexity index is 370. The molecule has 1 unspecified atom stereocenters. The molecule has 0 saturated heterocycles. The first-order chi connectivity index (χ1) is 6.76. The first-order valence-corrected chi connectivity index (χ1v) is 4.06. The second-order valence-electron chi connectivity index (χ2n) is 3.16. The number of rotatable bonds is 3. The minimum absolute atomic E-state index is 0.359. The van der Waals surface area contributed by atoms with Crippen molar-refractivity contribution in [3.05, 3.63) is 17.5 Å². The van der Waals surface area contributed by atoms with E-state index in [2.05, 4.69) is 5.10 Å². The fourth-order valence-electron chi connectivity index (χ4n) is 1.02. The molecule has 1 atom stereocenters. The standard InChI is InChI=1S/C8H10F2N2O3/c1-4-3-5(11-12(4)2)6(13)8(9,10)7(14)15/h3,6,13H,1-2H3,(H,14,15). The molecule has 1 rings (SSSR count). The Morgan fingerprint density at radius 2 is 2.20 bits per heavy atom. The lowest BCUT2D eigenvalue weighted by Gasteiger charge is -2.15. The zero-order valence-electron chi connectivity index (χ0n) is 8.11. The van der Waals surface area contributed by atoms with Gasteiger partial charge >= 0.3 is 11.9 Å². The van der Waals surface area contributed by atoms with E-state index in [9.17, 15) is 13.6 Å². The summed E-state index contributed by atoms with van der Waals surface area (Å²) < 4.78 is 27.0. The van der Waals surface area contributed by atoms with E-state index in [0.29, 0.717) is 5.69 Å². The third kappa shape index (κ3) is 1.96. The Morgan fingerprint density at radius 3 is 2.53 bits per heavy atom. The molecule has 15 heavy (non-hydrogen) atoms. The van der Waals surface area contributed by atoms with Crippen molar-refractivity contribution in [3.63, 3.8) is 0 Å². The van der Waals surface area contributed by atoms with Crippen LogP contribution in [0.4, 0.5) is 8.78 Å². The molecular formula is C8H10F2N2O3. The van der Waals surface area contributed by atoms with Crippen LogP contribution in [0, 0.1) is 6.92 Å². The maximum Gasteiger partial charge on any atom is 0.377 e. The number of aliphatic hydroxyl groups excluding tert-OH is 1. The van der Waals surface area contributed by atoms with Crippen LogP contribution in [0.3, 0.4) is 0 Å². The number of alkyl halides is 2. The number of aryl methyl sites for hydroxylation is 2. The number of aliphatic carboxylic acids is 1. The topological polar surface area (TPSA) is 75.3 Å². The summed E-state index contributed by atoms with van der Waals surface area (Å²) in [6.07, 6.45) is -2.44. The van der Waals surface area contributed by atoms with Gasteiger partial charge in [-0.1, -0.05) is 0 Å². The number of carboxylic acid groups (broad SMARTS) is 1. The fourth-order valence-corrected chi connectivity index (χ4v) is 1.02. The van der Waals surface area contributed by atoms with Crippen molar-refractivity contribution in [2.45, 2.75) is 19.0 Å². The molecule has 0 aliphatic carbocycles. The molecule has 1 aromatic heterocycles. The van der Waals surface area contributed by atoms with E-state index >= 15 is 0 Å². The van der Waals surface area contributed by atoms with Gasteiger partial charge in [0.15, 0.2) is 6.10 Å². The van der Waals surface area contributed by atoms with Crippen LogP contribution in [-0.4, -0.2) is 31.9 Å². The molecule has 0 fully saturated rings. The second kappa shape index (κ2) is 3.58. The van der Waals surface area contributed by atoms with Crippen LogP contribution < -0.4 is 0 Å². The summed E-state index contributed by atoms with van der Waals surface area (Å²) in [5, 5.41) is 20.9. The number of hydrogen-bond donors (Lipinski definition) is 2. The molecule has 84 valence electrons. The minimum atomic E-state index is -4.24. The van der Waals surface area contributed by atoms with Gasteiger partial charge in [0.05, 0.1) is 5.69 Å². The summed E-state index contributed by atoms with van der Waals surface area (Å²) in [4.78, 5) is 10.2. The molecule has 7 heteroatoms. The van der Waals surface area contributed by atoms with Gasteiger partial charge in [0, 0.05) is 12.7 Å². The quantitative estimate of drug-likeness (QED) is 0.776. The number of nitrogens with zero attached hydrogens (tertiary/aromatic N) is 2. The molecular weight excluding hydrogens is 210 g/mol. The van der Waals surface area contributed by atoms with Crippen molar-refractivity contribution in [2.24, 2.45) is 7.05 Å². The van der Waals surface area contributed by atoms with Crippen molar-refractivity contribution in [1.29, 1.82) is 0 Å².